The molecule has 3 heteroatoms. The SMILES string of the molecule is CC(C)CN(c1ccc(C#N)cc1N)C(C)C. The van der Waals surface area contributed by atoms with Crippen molar-refractivity contribution in [3.63, 3.8) is 0 Å². The Labute approximate surface area is 104 Å². The monoisotopic (exact) mass is 231 g/mol. The minimum Gasteiger partial charge on any atom is -0.397 e. The van der Waals surface area contributed by atoms with Gasteiger partial charge in [0.2, 0.25) is 0 Å². The minimum atomic E-state index is 0.396. The second kappa shape index (κ2) is 5.58. The Morgan fingerprint density at radius 3 is 2.35 bits per heavy atom. The summed E-state index contributed by atoms with van der Waals surface area (Å²) in [5.41, 5.74) is 8.33. The van der Waals surface area contributed by atoms with E-state index in [1.807, 2.05) is 12.1 Å². The third-order valence-corrected chi connectivity index (χ3v) is 2.65. The van der Waals surface area contributed by atoms with Crippen molar-refractivity contribution in [1.82, 2.24) is 0 Å². The summed E-state index contributed by atoms with van der Waals surface area (Å²) in [4.78, 5) is 2.28. The standard InChI is InChI=1S/C14H21N3/c1-10(2)9-17(11(3)4)14-6-5-12(8-15)7-13(14)16/h5-7,10-11H,9,16H2,1-4H3. The maximum absolute atomic E-state index is 8.83. The highest BCUT2D eigenvalue weighted by atomic mass is 15.2. The molecule has 0 fully saturated rings. The summed E-state index contributed by atoms with van der Waals surface area (Å²) >= 11 is 0. The molecule has 0 aromatic heterocycles. The van der Waals surface area contributed by atoms with Crippen LogP contribution in [0.15, 0.2) is 18.2 Å². The van der Waals surface area contributed by atoms with Crippen molar-refractivity contribution in [1.29, 1.82) is 5.26 Å². The highest BCUT2D eigenvalue weighted by Gasteiger charge is 2.14. The summed E-state index contributed by atoms with van der Waals surface area (Å²) < 4.78 is 0. The molecule has 0 bridgehead atoms. The Hall–Kier alpha value is -1.69. The van der Waals surface area contributed by atoms with Gasteiger partial charge < -0.3 is 10.6 Å². The lowest BCUT2D eigenvalue weighted by Gasteiger charge is -2.31. The predicted octanol–water partition coefficient (Wildman–Crippen LogP) is 3.01. The molecule has 92 valence electrons. The number of hydrogen-bond donors (Lipinski definition) is 1. The van der Waals surface area contributed by atoms with Gasteiger partial charge in [-0.3, -0.25) is 0 Å². The summed E-state index contributed by atoms with van der Waals surface area (Å²) in [5.74, 6) is 0.576. The van der Waals surface area contributed by atoms with E-state index in [1.54, 1.807) is 6.07 Å². The molecule has 1 aromatic rings. The van der Waals surface area contributed by atoms with E-state index in [2.05, 4.69) is 38.7 Å². The first-order chi connectivity index (χ1) is 7.95. The maximum atomic E-state index is 8.83. The fraction of sp³-hybridized carbons (Fsp3) is 0.500. The topological polar surface area (TPSA) is 53.0 Å². The average molecular weight is 231 g/mol. The van der Waals surface area contributed by atoms with Gasteiger partial charge >= 0.3 is 0 Å². The summed E-state index contributed by atoms with van der Waals surface area (Å²) in [5, 5.41) is 8.83. The number of benzene rings is 1. The van der Waals surface area contributed by atoms with Crippen LogP contribution >= 0.6 is 0 Å². The van der Waals surface area contributed by atoms with Crippen LogP contribution in [0.4, 0.5) is 11.4 Å². The molecule has 1 aromatic carbocycles. The number of anilines is 2. The number of nitrogens with zero attached hydrogens (tertiary/aromatic N) is 2. The lowest BCUT2D eigenvalue weighted by atomic mass is 10.1. The van der Waals surface area contributed by atoms with Gasteiger partial charge in [-0.2, -0.15) is 5.26 Å². The molecule has 0 unspecified atom stereocenters. The second-order valence-corrected chi connectivity index (χ2v) is 5.03. The van der Waals surface area contributed by atoms with Crippen LogP contribution in [0, 0.1) is 17.2 Å². The highest BCUT2D eigenvalue weighted by Crippen LogP contribution is 2.26. The van der Waals surface area contributed by atoms with Crippen molar-refractivity contribution in [3.8, 4) is 6.07 Å². The van der Waals surface area contributed by atoms with Crippen LogP contribution in [-0.4, -0.2) is 12.6 Å². The molecular weight excluding hydrogens is 210 g/mol. The first kappa shape index (κ1) is 13.4. The molecule has 0 amide bonds. The van der Waals surface area contributed by atoms with Gasteiger partial charge in [-0.05, 0) is 38.0 Å². The fourth-order valence-electron chi connectivity index (χ4n) is 1.87. The smallest absolute Gasteiger partial charge is 0.0992 e. The average Bonchev–Trinajstić information content (AvgIpc) is 2.25. The van der Waals surface area contributed by atoms with Gasteiger partial charge in [0, 0.05) is 12.6 Å². The molecule has 0 aliphatic rings. The van der Waals surface area contributed by atoms with E-state index in [4.69, 9.17) is 11.0 Å². The summed E-state index contributed by atoms with van der Waals surface area (Å²) in [6, 6.07) is 8.00. The normalized spacial score (nSPS) is 10.6. The van der Waals surface area contributed by atoms with Gasteiger partial charge in [0.25, 0.3) is 0 Å². The number of rotatable bonds is 4. The minimum absolute atomic E-state index is 0.396. The highest BCUT2D eigenvalue weighted by molar-refractivity contribution is 5.69. The van der Waals surface area contributed by atoms with Crippen LogP contribution in [0.5, 0.6) is 0 Å². The zero-order chi connectivity index (χ0) is 13.0. The van der Waals surface area contributed by atoms with Crippen LogP contribution in [0.2, 0.25) is 0 Å². The first-order valence-electron chi connectivity index (χ1n) is 6.02. The van der Waals surface area contributed by atoms with Crippen LogP contribution < -0.4 is 10.6 Å². The van der Waals surface area contributed by atoms with Crippen molar-refractivity contribution in [2.75, 3.05) is 17.2 Å². The number of nitrogens with two attached hydrogens (primary N) is 1. The molecule has 1 rings (SSSR count). The zero-order valence-corrected chi connectivity index (χ0v) is 11.1. The molecule has 0 saturated carbocycles. The van der Waals surface area contributed by atoms with E-state index in [-0.39, 0.29) is 0 Å². The first-order valence-corrected chi connectivity index (χ1v) is 6.02. The Bertz CT molecular complexity index is 416. The van der Waals surface area contributed by atoms with Crippen molar-refractivity contribution < 1.29 is 0 Å². The van der Waals surface area contributed by atoms with Gasteiger partial charge in [0.15, 0.2) is 0 Å². The lowest BCUT2D eigenvalue weighted by molar-refractivity contribution is 0.571. The van der Waals surface area contributed by atoms with Gasteiger partial charge in [-0.1, -0.05) is 13.8 Å². The summed E-state index contributed by atoms with van der Waals surface area (Å²) in [7, 11) is 0. The van der Waals surface area contributed by atoms with Gasteiger partial charge in [-0.15, -0.1) is 0 Å². The van der Waals surface area contributed by atoms with Crippen LogP contribution in [0.1, 0.15) is 33.3 Å². The van der Waals surface area contributed by atoms with Crippen molar-refractivity contribution in [2.24, 2.45) is 5.92 Å². The van der Waals surface area contributed by atoms with E-state index in [0.29, 0.717) is 23.2 Å². The van der Waals surface area contributed by atoms with E-state index in [1.165, 1.54) is 0 Å². The Morgan fingerprint density at radius 2 is 1.94 bits per heavy atom. The summed E-state index contributed by atoms with van der Waals surface area (Å²) in [6.45, 7) is 9.65. The van der Waals surface area contributed by atoms with E-state index in [0.717, 1.165) is 12.2 Å². The number of nitriles is 1. The largest absolute Gasteiger partial charge is 0.397 e. The third-order valence-electron chi connectivity index (χ3n) is 2.65. The van der Waals surface area contributed by atoms with Crippen LogP contribution in [0.25, 0.3) is 0 Å². The van der Waals surface area contributed by atoms with E-state index >= 15 is 0 Å². The molecule has 0 radical (unpaired) electrons. The Kier molecular flexibility index (Phi) is 4.39. The molecule has 0 aliphatic carbocycles. The van der Waals surface area contributed by atoms with Crippen LogP contribution in [-0.2, 0) is 0 Å². The van der Waals surface area contributed by atoms with Gasteiger partial charge in [0.05, 0.1) is 23.0 Å². The number of nitrogen functional groups attached to an aromatic ring is 1. The van der Waals surface area contributed by atoms with Crippen molar-refractivity contribution in [3.05, 3.63) is 23.8 Å². The molecule has 0 spiro atoms. The molecule has 17 heavy (non-hydrogen) atoms. The summed E-state index contributed by atoms with van der Waals surface area (Å²) in [6.07, 6.45) is 0. The predicted molar refractivity (Wildman–Crippen MR) is 72.9 cm³/mol. The second-order valence-electron chi connectivity index (χ2n) is 5.03. The van der Waals surface area contributed by atoms with Crippen LogP contribution in [0.3, 0.4) is 0 Å². The fourth-order valence-corrected chi connectivity index (χ4v) is 1.87. The van der Waals surface area contributed by atoms with E-state index in [9.17, 15) is 0 Å². The molecule has 3 nitrogen and oxygen atoms in total. The Morgan fingerprint density at radius 1 is 1.29 bits per heavy atom. The molecule has 0 atom stereocenters. The molecular formula is C14H21N3. The zero-order valence-electron chi connectivity index (χ0n) is 11.1. The molecule has 0 saturated heterocycles. The van der Waals surface area contributed by atoms with Crippen molar-refractivity contribution >= 4 is 11.4 Å². The molecule has 0 aliphatic heterocycles. The lowest BCUT2D eigenvalue weighted by Crippen LogP contribution is -2.34. The van der Waals surface area contributed by atoms with Crippen molar-refractivity contribution in [2.45, 2.75) is 33.7 Å². The maximum Gasteiger partial charge on any atom is 0.0992 e. The van der Waals surface area contributed by atoms with E-state index < -0.39 is 0 Å². The van der Waals surface area contributed by atoms with Gasteiger partial charge in [-0.25, -0.2) is 0 Å². The van der Waals surface area contributed by atoms with Gasteiger partial charge in [0.1, 0.15) is 0 Å². The molecule has 0 heterocycles. The number of hydrogen-bond acceptors (Lipinski definition) is 3. The third kappa shape index (κ3) is 3.39. The molecule has 2 N–H and O–H groups in total. The Balaban J connectivity index is 3.07. The quantitative estimate of drug-likeness (QED) is 0.810.